The highest BCUT2D eigenvalue weighted by molar-refractivity contribution is 5.88. The van der Waals surface area contributed by atoms with Crippen molar-refractivity contribution in [2.45, 2.75) is 72.6 Å². The number of methoxy groups -OCH3 is 1. The van der Waals surface area contributed by atoms with Gasteiger partial charge in [0.05, 0.1) is 20.3 Å². The molecule has 0 heterocycles. The zero-order valence-corrected chi connectivity index (χ0v) is 21.8. The van der Waals surface area contributed by atoms with Crippen LogP contribution in [0.1, 0.15) is 78.5 Å². The first-order chi connectivity index (χ1) is 15.4. The summed E-state index contributed by atoms with van der Waals surface area (Å²) in [5.41, 5.74) is 5.10. The molecule has 4 nitrogen and oxygen atoms in total. The molecule has 180 valence electrons. The Morgan fingerprint density at radius 2 is 1.64 bits per heavy atom. The van der Waals surface area contributed by atoms with Gasteiger partial charge in [0.25, 0.3) is 0 Å². The van der Waals surface area contributed by atoms with Gasteiger partial charge in [0, 0.05) is 22.8 Å². The first-order valence-electron chi connectivity index (χ1n) is 11.8. The quantitative estimate of drug-likeness (QED) is 0.311. The van der Waals surface area contributed by atoms with Crippen molar-refractivity contribution in [1.82, 2.24) is 0 Å². The first-order valence-corrected chi connectivity index (χ1v) is 11.8. The molecule has 0 radical (unpaired) electrons. The Balaban J connectivity index is 2.82. The van der Waals surface area contributed by atoms with Crippen molar-refractivity contribution in [3.05, 3.63) is 53.1 Å². The lowest BCUT2D eigenvalue weighted by atomic mass is 9.78. The molecule has 0 atom stereocenters. The molecule has 0 aliphatic heterocycles. The lowest BCUT2D eigenvalue weighted by molar-refractivity contribution is -0.137. The minimum atomic E-state index is -0.355. The predicted molar refractivity (Wildman–Crippen MR) is 137 cm³/mol. The van der Waals surface area contributed by atoms with E-state index >= 15 is 0 Å². The van der Waals surface area contributed by atoms with E-state index < -0.39 is 0 Å². The minimum Gasteiger partial charge on any atom is -0.496 e. The van der Waals surface area contributed by atoms with Crippen molar-refractivity contribution in [2.24, 2.45) is 0 Å². The summed E-state index contributed by atoms with van der Waals surface area (Å²) in [6.45, 7) is 18.2. The molecule has 2 aromatic carbocycles. The van der Waals surface area contributed by atoms with Crippen LogP contribution in [0.25, 0.3) is 17.2 Å². The number of hydrogen-bond acceptors (Lipinski definition) is 4. The lowest BCUT2D eigenvalue weighted by Gasteiger charge is -2.30. The first kappa shape index (κ1) is 26.5. The molecule has 0 bridgehead atoms. The second-order valence-electron chi connectivity index (χ2n) is 10.3. The van der Waals surface area contributed by atoms with Gasteiger partial charge < -0.3 is 14.2 Å². The van der Waals surface area contributed by atoms with Crippen molar-refractivity contribution >= 4 is 12.0 Å². The van der Waals surface area contributed by atoms with Gasteiger partial charge in [-0.25, -0.2) is 4.79 Å². The molecule has 0 aromatic heterocycles. The largest absolute Gasteiger partial charge is 0.496 e. The molecule has 2 aromatic rings. The zero-order chi connectivity index (χ0) is 24.8. The molecule has 0 saturated carbocycles. The molecular weight excluding hydrogens is 412 g/mol. The number of benzene rings is 2. The van der Waals surface area contributed by atoms with Crippen molar-refractivity contribution in [2.75, 3.05) is 20.3 Å². The summed E-state index contributed by atoms with van der Waals surface area (Å²) in [6.07, 6.45) is 4.14. The van der Waals surface area contributed by atoms with Gasteiger partial charge in [0.1, 0.15) is 11.5 Å². The smallest absolute Gasteiger partial charge is 0.330 e. The van der Waals surface area contributed by atoms with Crippen LogP contribution in [0.3, 0.4) is 0 Å². The van der Waals surface area contributed by atoms with Gasteiger partial charge in [-0.3, -0.25) is 0 Å². The summed E-state index contributed by atoms with van der Waals surface area (Å²) in [7, 11) is 1.68. The van der Waals surface area contributed by atoms with Crippen LogP contribution < -0.4 is 9.47 Å². The van der Waals surface area contributed by atoms with Gasteiger partial charge in [-0.05, 0) is 59.6 Å². The third-order valence-electron chi connectivity index (χ3n) is 5.43. The van der Waals surface area contributed by atoms with E-state index in [2.05, 4.69) is 60.6 Å². The Kier molecular flexibility index (Phi) is 8.76. The van der Waals surface area contributed by atoms with E-state index in [9.17, 15) is 4.79 Å². The van der Waals surface area contributed by atoms with E-state index in [-0.39, 0.29) is 16.8 Å². The maximum Gasteiger partial charge on any atom is 0.330 e. The molecule has 33 heavy (non-hydrogen) atoms. The van der Waals surface area contributed by atoms with E-state index in [0.717, 1.165) is 34.6 Å². The number of carbonyl (C=O) groups is 1. The van der Waals surface area contributed by atoms with Crippen LogP contribution in [-0.4, -0.2) is 26.3 Å². The lowest BCUT2D eigenvalue weighted by Crippen LogP contribution is -2.19. The SMILES string of the molecule is CCCOc1c(-c2cc(C=CC(=O)OCC)ccc2OC)cc(C(C)(C)C)cc1C(C)(C)C. The summed E-state index contributed by atoms with van der Waals surface area (Å²) < 4.78 is 17.2. The van der Waals surface area contributed by atoms with Gasteiger partial charge in [-0.1, -0.05) is 60.6 Å². The Morgan fingerprint density at radius 1 is 0.939 bits per heavy atom. The summed E-state index contributed by atoms with van der Waals surface area (Å²) in [5.74, 6) is 1.30. The topological polar surface area (TPSA) is 44.8 Å². The van der Waals surface area contributed by atoms with Crippen LogP contribution >= 0.6 is 0 Å². The Labute approximate surface area is 200 Å². The van der Waals surface area contributed by atoms with E-state index in [0.29, 0.717) is 13.2 Å². The van der Waals surface area contributed by atoms with Gasteiger partial charge in [0.2, 0.25) is 0 Å². The highest BCUT2D eigenvalue weighted by Gasteiger charge is 2.27. The fourth-order valence-corrected chi connectivity index (χ4v) is 3.57. The summed E-state index contributed by atoms with van der Waals surface area (Å²) in [6, 6.07) is 10.4. The number of carbonyl (C=O) groups excluding carboxylic acids is 1. The molecule has 0 unspecified atom stereocenters. The molecule has 0 amide bonds. The van der Waals surface area contributed by atoms with Crippen molar-refractivity contribution in [3.8, 4) is 22.6 Å². The summed E-state index contributed by atoms with van der Waals surface area (Å²) in [5, 5.41) is 0. The van der Waals surface area contributed by atoms with Crippen LogP contribution in [0.4, 0.5) is 0 Å². The third-order valence-corrected chi connectivity index (χ3v) is 5.43. The highest BCUT2D eigenvalue weighted by atomic mass is 16.5. The molecule has 2 rings (SSSR count). The van der Waals surface area contributed by atoms with E-state index in [1.54, 1.807) is 20.1 Å². The average molecular weight is 453 g/mol. The fourth-order valence-electron chi connectivity index (χ4n) is 3.57. The van der Waals surface area contributed by atoms with Gasteiger partial charge in [0.15, 0.2) is 0 Å². The Morgan fingerprint density at radius 3 is 2.18 bits per heavy atom. The van der Waals surface area contributed by atoms with E-state index in [1.165, 1.54) is 17.2 Å². The van der Waals surface area contributed by atoms with Crippen LogP contribution in [-0.2, 0) is 20.4 Å². The molecule has 0 aliphatic carbocycles. The molecular formula is C29H40O4. The highest BCUT2D eigenvalue weighted by Crippen LogP contribution is 2.45. The number of rotatable bonds is 8. The molecule has 0 N–H and O–H groups in total. The summed E-state index contributed by atoms with van der Waals surface area (Å²) >= 11 is 0. The molecule has 0 fully saturated rings. The van der Waals surface area contributed by atoms with Crippen LogP contribution in [0.15, 0.2) is 36.4 Å². The number of esters is 1. The second-order valence-corrected chi connectivity index (χ2v) is 10.3. The molecule has 0 spiro atoms. The van der Waals surface area contributed by atoms with E-state index in [4.69, 9.17) is 14.2 Å². The minimum absolute atomic E-state index is 0.0350. The average Bonchev–Trinajstić information content (AvgIpc) is 2.74. The molecule has 0 saturated heterocycles. The Bertz CT molecular complexity index is 988. The van der Waals surface area contributed by atoms with Crippen molar-refractivity contribution < 1.29 is 19.0 Å². The summed E-state index contributed by atoms with van der Waals surface area (Å²) in [4.78, 5) is 11.8. The van der Waals surface area contributed by atoms with Gasteiger partial charge in [-0.15, -0.1) is 0 Å². The van der Waals surface area contributed by atoms with E-state index in [1.807, 2.05) is 18.2 Å². The molecule has 4 heteroatoms. The van der Waals surface area contributed by atoms with Crippen LogP contribution in [0, 0.1) is 0 Å². The predicted octanol–water partition coefficient (Wildman–Crippen LogP) is 7.32. The molecule has 0 aliphatic rings. The Hall–Kier alpha value is -2.75. The normalized spacial score (nSPS) is 12.2. The maximum absolute atomic E-state index is 11.8. The number of ether oxygens (including phenoxy) is 3. The number of hydrogen-bond donors (Lipinski definition) is 0. The van der Waals surface area contributed by atoms with Gasteiger partial charge >= 0.3 is 5.97 Å². The fraction of sp³-hybridized carbons (Fsp3) is 0.483. The van der Waals surface area contributed by atoms with Gasteiger partial charge in [-0.2, -0.15) is 0 Å². The third kappa shape index (κ3) is 6.86. The van der Waals surface area contributed by atoms with Crippen molar-refractivity contribution in [1.29, 1.82) is 0 Å². The zero-order valence-electron chi connectivity index (χ0n) is 21.8. The van der Waals surface area contributed by atoms with Crippen LogP contribution in [0.5, 0.6) is 11.5 Å². The maximum atomic E-state index is 11.8. The monoisotopic (exact) mass is 452 g/mol. The second kappa shape index (κ2) is 10.9. The standard InChI is InChI=1S/C29H40O4/c1-10-16-33-27-23(18-21(28(3,4)5)19-24(27)29(6,7)8)22-17-20(12-14-25(22)31-9)13-15-26(30)32-11-2/h12-15,17-19H,10-11,16H2,1-9H3. The van der Waals surface area contributed by atoms with Crippen LogP contribution in [0.2, 0.25) is 0 Å². The van der Waals surface area contributed by atoms with Crippen molar-refractivity contribution in [3.63, 3.8) is 0 Å².